The van der Waals surface area contributed by atoms with Crippen LogP contribution in [0.3, 0.4) is 0 Å². The van der Waals surface area contributed by atoms with Gasteiger partial charge in [-0.3, -0.25) is 0 Å². The van der Waals surface area contributed by atoms with Gasteiger partial charge in [-0.05, 0) is 25.1 Å². The molecule has 1 heterocycles. The van der Waals surface area contributed by atoms with Crippen LogP contribution in [-0.4, -0.2) is 30.9 Å². The lowest BCUT2D eigenvalue weighted by Gasteiger charge is -2.09. The van der Waals surface area contributed by atoms with Crippen molar-refractivity contribution in [2.45, 2.75) is 12.8 Å². The van der Waals surface area contributed by atoms with Crippen LogP contribution >= 0.6 is 0 Å². The van der Waals surface area contributed by atoms with Crippen molar-refractivity contribution in [1.29, 1.82) is 0 Å². The fourth-order valence-corrected chi connectivity index (χ4v) is 1.78. The van der Waals surface area contributed by atoms with Crippen LogP contribution < -0.4 is 15.2 Å². The monoisotopic (exact) mass is 263 g/mol. The van der Waals surface area contributed by atoms with Crippen molar-refractivity contribution >= 4 is 0 Å². The first-order valence-electron chi connectivity index (χ1n) is 6.04. The van der Waals surface area contributed by atoms with Crippen molar-refractivity contribution in [2.24, 2.45) is 5.73 Å². The van der Waals surface area contributed by atoms with Gasteiger partial charge in [0.05, 0.1) is 19.8 Å². The average Bonchev–Trinajstić information content (AvgIpc) is 2.92. The normalized spacial score (nSPS) is 10.5. The number of para-hydroxylation sites is 1. The van der Waals surface area contributed by atoms with Gasteiger partial charge >= 0.3 is 0 Å². The van der Waals surface area contributed by atoms with Crippen LogP contribution in [-0.2, 0) is 6.42 Å². The number of nitrogens with zero attached hydrogens (tertiary/aromatic N) is 2. The Morgan fingerprint density at radius 3 is 2.79 bits per heavy atom. The summed E-state index contributed by atoms with van der Waals surface area (Å²) < 4.78 is 15.8. The largest absolute Gasteiger partial charge is 0.493 e. The minimum Gasteiger partial charge on any atom is -0.493 e. The predicted molar refractivity (Wildman–Crippen MR) is 70.2 cm³/mol. The highest BCUT2D eigenvalue weighted by molar-refractivity contribution is 5.68. The molecule has 0 saturated carbocycles. The van der Waals surface area contributed by atoms with Crippen LogP contribution in [0.5, 0.6) is 11.5 Å². The second kappa shape index (κ2) is 6.19. The molecular formula is C13H17N3O3. The Balaban J connectivity index is 2.33. The number of rotatable bonds is 6. The van der Waals surface area contributed by atoms with Crippen molar-refractivity contribution in [3.8, 4) is 22.9 Å². The molecule has 0 bridgehead atoms. The summed E-state index contributed by atoms with van der Waals surface area (Å²) >= 11 is 0. The van der Waals surface area contributed by atoms with E-state index in [1.54, 1.807) is 14.2 Å². The highest BCUT2D eigenvalue weighted by atomic mass is 16.5. The SMILES string of the molecule is COc1cccc(-c2noc(CCCN)n2)c1OC. The molecule has 0 unspecified atom stereocenters. The van der Waals surface area contributed by atoms with Gasteiger partial charge in [0.25, 0.3) is 0 Å². The van der Waals surface area contributed by atoms with Crippen molar-refractivity contribution in [2.75, 3.05) is 20.8 Å². The van der Waals surface area contributed by atoms with Gasteiger partial charge in [-0.1, -0.05) is 11.2 Å². The second-order valence-electron chi connectivity index (χ2n) is 3.95. The van der Waals surface area contributed by atoms with Crippen LogP contribution in [0.15, 0.2) is 22.7 Å². The summed E-state index contributed by atoms with van der Waals surface area (Å²) in [6, 6.07) is 5.53. The molecule has 0 radical (unpaired) electrons. The second-order valence-corrected chi connectivity index (χ2v) is 3.95. The maximum absolute atomic E-state index is 5.45. The lowest BCUT2D eigenvalue weighted by molar-refractivity contribution is 0.355. The molecule has 0 saturated heterocycles. The first kappa shape index (κ1) is 13.4. The minimum atomic E-state index is 0.489. The Morgan fingerprint density at radius 1 is 1.26 bits per heavy atom. The minimum absolute atomic E-state index is 0.489. The Bertz CT molecular complexity index is 540. The van der Waals surface area contributed by atoms with Gasteiger partial charge in [0.15, 0.2) is 11.5 Å². The number of aromatic nitrogens is 2. The van der Waals surface area contributed by atoms with E-state index in [1.807, 2.05) is 18.2 Å². The Morgan fingerprint density at radius 2 is 2.11 bits per heavy atom. The van der Waals surface area contributed by atoms with E-state index in [1.165, 1.54) is 0 Å². The van der Waals surface area contributed by atoms with Gasteiger partial charge in [0.1, 0.15) is 0 Å². The van der Waals surface area contributed by atoms with Gasteiger partial charge in [0, 0.05) is 6.42 Å². The third-order valence-electron chi connectivity index (χ3n) is 2.71. The van der Waals surface area contributed by atoms with Crippen molar-refractivity contribution in [3.63, 3.8) is 0 Å². The molecular weight excluding hydrogens is 246 g/mol. The van der Waals surface area contributed by atoms with Crippen LogP contribution in [0.2, 0.25) is 0 Å². The first-order valence-corrected chi connectivity index (χ1v) is 6.04. The third kappa shape index (κ3) is 2.85. The molecule has 0 aliphatic carbocycles. The Labute approximate surface area is 111 Å². The summed E-state index contributed by atoms with van der Waals surface area (Å²) in [5, 5.41) is 3.96. The zero-order chi connectivity index (χ0) is 13.7. The number of hydrogen-bond donors (Lipinski definition) is 1. The molecule has 102 valence electrons. The lowest BCUT2D eigenvalue weighted by atomic mass is 10.1. The maximum atomic E-state index is 5.45. The number of nitrogens with two attached hydrogens (primary N) is 1. The van der Waals surface area contributed by atoms with E-state index >= 15 is 0 Å². The number of benzene rings is 1. The first-order chi connectivity index (χ1) is 9.30. The zero-order valence-electron chi connectivity index (χ0n) is 11.0. The van der Waals surface area contributed by atoms with Gasteiger partial charge in [-0.2, -0.15) is 4.98 Å². The molecule has 0 aliphatic heterocycles. The molecule has 6 nitrogen and oxygen atoms in total. The summed E-state index contributed by atoms with van der Waals surface area (Å²) in [4.78, 5) is 4.33. The smallest absolute Gasteiger partial charge is 0.227 e. The Hall–Kier alpha value is -2.08. The predicted octanol–water partition coefficient (Wildman–Crippen LogP) is 1.65. The average molecular weight is 263 g/mol. The molecule has 2 N–H and O–H groups in total. The molecule has 1 aromatic heterocycles. The standard InChI is InChI=1S/C13H17N3O3/c1-17-10-6-3-5-9(12(10)18-2)13-15-11(19-16-13)7-4-8-14/h3,5-6H,4,7-8,14H2,1-2H3. The number of methoxy groups -OCH3 is 2. The molecule has 0 atom stereocenters. The lowest BCUT2D eigenvalue weighted by Crippen LogP contribution is -2.00. The van der Waals surface area contributed by atoms with Crippen LogP contribution in [0, 0.1) is 0 Å². The summed E-state index contributed by atoms with van der Waals surface area (Å²) in [6.45, 7) is 0.597. The summed E-state index contributed by atoms with van der Waals surface area (Å²) in [5.74, 6) is 2.29. The highest BCUT2D eigenvalue weighted by Crippen LogP contribution is 2.36. The van der Waals surface area contributed by atoms with Gasteiger partial charge in [0.2, 0.25) is 11.7 Å². The highest BCUT2D eigenvalue weighted by Gasteiger charge is 2.16. The Kier molecular flexibility index (Phi) is 4.35. The van der Waals surface area contributed by atoms with E-state index in [0.29, 0.717) is 36.2 Å². The van der Waals surface area contributed by atoms with Gasteiger partial charge in [-0.25, -0.2) is 0 Å². The molecule has 6 heteroatoms. The molecule has 0 spiro atoms. The third-order valence-corrected chi connectivity index (χ3v) is 2.71. The topological polar surface area (TPSA) is 83.4 Å². The summed E-state index contributed by atoms with van der Waals surface area (Å²) in [6.07, 6.45) is 1.49. The van der Waals surface area contributed by atoms with E-state index in [9.17, 15) is 0 Å². The van der Waals surface area contributed by atoms with E-state index < -0.39 is 0 Å². The van der Waals surface area contributed by atoms with E-state index in [0.717, 1.165) is 12.0 Å². The zero-order valence-corrected chi connectivity index (χ0v) is 11.0. The van der Waals surface area contributed by atoms with Crippen LogP contribution in [0.25, 0.3) is 11.4 Å². The quantitative estimate of drug-likeness (QED) is 0.853. The molecule has 0 fully saturated rings. The molecule has 0 amide bonds. The van der Waals surface area contributed by atoms with Crippen LogP contribution in [0.1, 0.15) is 12.3 Å². The maximum Gasteiger partial charge on any atom is 0.227 e. The molecule has 19 heavy (non-hydrogen) atoms. The van der Waals surface area contributed by atoms with Crippen molar-refractivity contribution < 1.29 is 14.0 Å². The number of aryl methyl sites for hydroxylation is 1. The number of ether oxygens (including phenoxy) is 2. The van der Waals surface area contributed by atoms with Crippen molar-refractivity contribution in [1.82, 2.24) is 10.1 Å². The molecule has 2 rings (SSSR count). The fourth-order valence-electron chi connectivity index (χ4n) is 1.78. The summed E-state index contributed by atoms with van der Waals surface area (Å²) in [5.41, 5.74) is 6.19. The van der Waals surface area contributed by atoms with Crippen molar-refractivity contribution in [3.05, 3.63) is 24.1 Å². The molecule has 1 aromatic carbocycles. The molecule has 0 aliphatic rings. The van der Waals surface area contributed by atoms with Crippen LogP contribution in [0.4, 0.5) is 0 Å². The van der Waals surface area contributed by atoms with Gasteiger partial charge < -0.3 is 19.7 Å². The fraction of sp³-hybridized carbons (Fsp3) is 0.385. The summed E-state index contributed by atoms with van der Waals surface area (Å²) in [7, 11) is 3.17. The number of hydrogen-bond acceptors (Lipinski definition) is 6. The molecule has 2 aromatic rings. The van der Waals surface area contributed by atoms with Gasteiger partial charge in [-0.15, -0.1) is 0 Å². The van der Waals surface area contributed by atoms with E-state index in [4.69, 9.17) is 19.7 Å². The van der Waals surface area contributed by atoms with E-state index in [2.05, 4.69) is 10.1 Å². The van der Waals surface area contributed by atoms with E-state index in [-0.39, 0.29) is 0 Å².